The second kappa shape index (κ2) is 4.00. The third kappa shape index (κ3) is 1.64. The van der Waals surface area contributed by atoms with Gasteiger partial charge in [-0.3, -0.25) is 9.78 Å². The van der Waals surface area contributed by atoms with E-state index in [9.17, 15) is 4.79 Å². The molecule has 0 fully saturated rings. The number of H-pyrrole nitrogens is 1. The zero-order valence-electron chi connectivity index (χ0n) is 9.55. The van der Waals surface area contributed by atoms with Gasteiger partial charge in [-0.25, -0.2) is 0 Å². The van der Waals surface area contributed by atoms with Gasteiger partial charge in [0.15, 0.2) is 0 Å². The minimum atomic E-state index is -0.430. The van der Waals surface area contributed by atoms with Crippen LogP contribution in [0.3, 0.4) is 0 Å². The average molecular weight is 237 g/mol. The molecule has 0 aliphatic heterocycles. The number of aromatic nitrogens is 2. The molecule has 0 spiro atoms. The standard InChI is InChI=1S/C14H11N3O/c15-14(18)11-5-1-3-9-7-12(17-13(9)11)10-4-2-6-16-8-10/h1-8,17H,(H2,15,18). The molecule has 0 radical (unpaired) electrons. The maximum absolute atomic E-state index is 11.4. The number of hydrogen-bond acceptors (Lipinski definition) is 2. The first-order valence-corrected chi connectivity index (χ1v) is 5.57. The zero-order chi connectivity index (χ0) is 12.5. The molecule has 0 saturated carbocycles. The van der Waals surface area contributed by atoms with Crippen LogP contribution in [-0.4, -0.2) is 15.9 Å². The molecule has 88 valence electrons. The normalized spacial score (nSPS) is 10.7. The fourth-order valence-electron chi connectivity index (χ4n) is 2.04. The van der Waals surface area contributed by atoms with Crippen LogP contribution in [0.1, 0.15) is 10.4 Å². The molecule has 0 aliphatic rings. The number of fused-ring (bicyclic) bond motifs is 1. The van der Waals surface area contributed by atoms with E-state index in [2.05, 4.69) is 9.97 Å². The Balaban J connectivity index is 2.23. The van der Waals surface area contributed by atoms with E-state index in [1.165, 1.54) is 0 Å². The van der Waals surface area contributed by atoms with Crippen LogP contribution in [0, 0.1) is 0 Å². The monoisotopic (exact) mass is 237 g/mol. The van der Waals surface area contributed by atoms with Crippen LogP contribution in [0.25, 0.3) is 22.2 Å². The summed E-state index contributed by atoms with van der Waals surface area (Å²) in [5.41, 5.74) is 8.53. The van der Waals surface area contributed by atoms with Gasteiger partial charge in [-0.1, -0.05) is 12.1 Å². The predicted molar refractivity (Wildman–Crippen MR) is 70.0 cm³/mol. The Hall–Kier alpha value is -2.62. The van der Waals surface area contributed by atoms with E-state index in [0.717, 1.165) is 22.2 Å². The molecular weight excluding hydrogens is 226 g/mol. The van der Waals surface area contributed by atoms with Gasteiger partial charge >= 0.3 is 0 Å². The van der Waals surface area contributed by atoms with E-state index in [1.807, 2.05) is 30.3 Å². The van der Waals surface area contributed by atoms with Crippen LogP contribution in [0.2, 0.25) is 0 Å². The number of para-hydroxylation sites is 1. The summed E-state index contributed by atoms with van der Waals surface area (Å²) in [6.45, 7) is 0. The fourth-order valence-corrected chi connectivity index (χ4v) is 2.04. The van der Waals surface area contributed by atoms with Crippen LogP contribution in [0.4, 0.5) is 0 Å². The lowest BCUT2D eigenvalue weighted by atomic mass is 10.1. The summed E-state index contributed by atoms with van der Waals surface area (Å²) in [4.78, 5) is 18.6. The van der Waals surface area contributed by atoms with Gasteiger partial charge in [-0.2, -0.15) is 0 Å². The van der Waals surface area contributed by atoms with Crippen molar-refractivity contribution in [3.05, 3.63) is 54.4 Å². The summed E-state index contributed by atoms with van der Waals surface area (Å²) in [7, 11) is 0. The fraction of sp³-hybridized carbons (Fsp3) is 0. The van der Waals surface area contributed by atoms with Crippen molar-refractivity contribution < 1.29 is 4.79 Å². The smallest absolute Gasteiger partial charge is 0.250 e. The van der Waals surface area contributed by atoms with Gasteiger partial charge in [-0.05, 0) is 24.3 Å². The molecule has 3 rings (SSSR count). The zero-order valence-corrected chi connectivity index (χ0v) is 9.55. The second-order valence-electron chi connectivity index (χ2n) is 4.06. The Morgan fingerprint density at radius 3 is 2.83 bits per heavy atom. The summed E-state index contributed by atoms with van der Waals surface area (Å²) in [5.74, 6) is -0.430. The Morgan fingerprint density at radius 2 is 2.11 bits per heavy atom. The highest BCUT2D eigenvalue weighted by Gasteiger charge is 2.10. The van der Waals surface area contributed by atoms with E-state index >= 15 is 0 Å². The van der Waals surface area contributed by atoms with Gasteiger partial charge in [0.2, 0.25) is 0 Å². The molecular formula is C14H11N3O. The molecule has 1 amide bonds. The molecule has 0 saturated heterocycles. The van der Waals surface area contributed by atoms with Crippen molar-refractivity contribution in [3.8, 4) is 11.3 Å². The van der Waals surface area contributed by atoms with Crippen molar-refractivity contribution >= 4 is 16.8 Å². The third-order valence-corrected chi connectivity index (χ3v) is 2.89. The number of pyridine rings is 1. The molecule has 0 aliphatic carbocycles. The van der Waals surface area contributed by atoms with Crippen molar-refractivity contribution in [2.24, 2.45) is 5.73 Å². The van der Waals surface area contributed by atoms with Crippen LogP contribution in [0.5, 0.6) is 0 Å². The van der Waals surface area contributed by atoms with Crippen LogP contribution >= 0.6 is 0 Å². The number of carbonyl (C=O) groups excluding carboxylic acids is 1. The molecule has 0 unspecified atom stereocenters. The van der Waals surface area contributed by atoms with Crippen LogP contribution in [0.15, 0.2) is 48.8 Å². The third-order valence-electron chi connectivity index (χ3n) is 2.89. The van der Waals surface area contributed by atoms with Crippen molar-refractivity contribution in [2.45, 2.75) is 0 Å². The lowest BCUT2D eigenvalue weighted by Gasteiger charge is -1.97. The van der Waals surface area contributed by atoms with Gasteiger partial charge in [0, 0.05) is 29.0 Å². The van der Waals surface area contributed by atoms with Crippen molar-refractivity contribution in [1.29, 1.82) is 0 Å². The summed E-state index contributed by atoms with van der Waals surface area (Å²) in [6.07, 6.45) is 3.50. The van der Waals surface area contributed by atoms with E-state index in [1.54, 1.807) is 18.5 Å². The molecule has 3 aromatic rings. The number of benzene rings is 1. The number of aromatic amines is 1. The number of amides is 1. The predicted octanol–water partition coefficient (Wildman–Crippen LogP) is 2.33. The molecule has 3 N–H and O–H groups in total. The van der Waals surface area contributed by atoms with Gasteiger partial charge in [-0.15, -0.1) is 0 Å². The SMILES string of the molecule is NC(=O)c1cccc2cc(-c3cccnc3)[nH]c12. The van der Waals surface area contributed by atoms with Crippen molar-refractivity contribution in [3.63, 3.8) is 0 Å². The summed E-state index contributed by atoms with van der Waals surface area (Å²) >= 11 is 0. The number of hydrogen-bond donors (Lipinski definition) is 2. The summed E-state index contributed by atoms with van der Waals surface area (Å²) in [5, 5.41) is 0.963. The molecule has 2 aromatic heterocycles. The van der Waals surface area contributed by atoms with Gasteiger partial charge in [0.1, 0.15) is 0 Å². The van der Waals surface area contributed by atoms with Gasteiger partial charge < -0.3 is 10.7 Å². The van der Waals surface area contributed by atoms with Crippen LogP contribution in [-0.2, 0) is 0 Å². The first-order chi connectivity index (χ1) is 8.75. The number of primary amides is 1. The minimum Gasteiger partial charge on any atom is -0.366 e. The Morgan fingerprint density at radius 1 is 1.22 bits per heavy atom. The molecule has 0 bridgehead atoms. The molecule has 0 atom stereocenters. The number of nitrogens with two attached hydrogens (primary N) is 1. The highest BCUT2D eigenvalue weighted by Crippen LogP contribution is 2.25. The van der Waals surface area contributed by atoms with E-state index in [4.69, 9.17) is 5.73 Å². The Kier molecular flexibility index (Phi) is 2.34. The highest BCUT2D eigenvalue weighted by atomic mass is 16.1. The largest absolute Gasteiger partial charge is 0.366 e. The van der Waals surface area contributed by atoms with Crippen molar-refractivity contribution in [2.75, 3.05) is 0 Å². The lowest BCUT2D eigenvalue weighted by Crippen LogP contribution is -2.11. The molecule has 4 nitrogen and oxygen atoms in total. The number of nitrogens with zero attached hydrogens (tertiary/aromatic N) is 1. The Bertz CT molecular complexity index is 716. The van der Waals surface area contributed by atoms with Crippen molar-refractivity contribution in [1.82, 2.24) is 9.97 Å². The Labute approximate surface area is 103 Å². The maximum Gasteiger partial charge on any atom is 0.250 e. The van der Waals surface area contributed by atoms with Gasteiger partial charge in [0.05, 0.1) is 11.1 Å². The quantitative estimate of drug-likeness (QED) is 0.718. The molecule has 1 aromatic carbocycles. The lowest BCUT2D eigenvalue weighted by molar-refractivity contribution is 0.100. The first kappa shape index (κ1) is 10.5. The number of carbonyl (C=O) groups is 1. The van der Waals surface area contributed by atoms with Crippen LogP contribution < -0.4 is 5.73 Å². The molecule has 2 heterocycles. The van der Waals surface area contributed by atoms with E-state index in [0.29, 0.717) is 5.56 Å². The topological polar surface area (TPSA) is 71.8 Å². The van der Waals surface area contributed by atoms with E-state index in [-0.39, 0.29) is 0 Å². The molecule has 4 heteroatoms. The average Bonchev–Trinajstić information content (AvgIpc) is 2.83. The van der Waals surface area contributed by atoms with E-state index < -0.39 is 5.91 Å². The maximum atomic E-state index is 11.4. The second-order valence-corrected chi connectivity index (χ2v) is 4.06. The summed E-state index contributed by atoms with van der Waals surface area (Å²) < 4.78 is 0. The number of rotatable bonds is 2. The number of nitrogens with one attached hydrogen (secondary N) is 1. The highest BCUT2D eigenvalue weighted by molar-refractivity contribution is 6.06. The minimum absolute atomic E-state index is 0.430. The summed E-state index contributed by atoms with van der Waals surface area (Å²) in [6, 6.07) is 11.3. The van der Waals surface area contributed by atoms with Gasteiger partial charge in [0.25, 0.3) is 5.91 Å². The first-order valence-electron chi connectivity index (χ1n) is 5.57. The molecule has 18 heavy (non-hydrogen) atoms.